The highest BCUT2D eigenvalue weighted by molar-refractivity contribution is 7.48. The second-order valence-electron chi connectivity index (χ2n) is 9.14. The van der Waals surface area contributed by atoms with E-state index in [1.54, 1.807) is 50.2 Å². The van der Waals surface area contributed by atoms with Crippen LogP contribution < -0.4 is 5.73 Å². The number of aliphatic hydroxyl groups is 1. The van der Waals surface area contributed by atoms with Crippen LogP contribution >= 0.6 is 7.82 Å². The monoisotopic (exact) mass is 545 g/mol. The third-order valence-electron chi connectivity index (χ3n) is 6.27. The molecule has 3 aromatic rings. The predicted octanol–water partition coefficient (Wildman–Crippen LogP) is 2.27. The van der Waals surface area contributed by atoms with Crippen LogP contribution in [0.3, 0.4) is 0 Å². The molecule has 0 saturated carbocycles. The van der Waals surface area contributed by atoms with Crippen molar-refractivity contribution in [2.24, 2.45) is 4.99 Å². The fraction of sp³-hybridized carbons (Fsp3) is 0.417. The molecule has 1 aromatic carbocycles. The van der Waals surface area contributed by atoms with E-state index in [-0.39, 0.29) is 30.7 Å². The van der Waals surface area contributed by atoms with Gasteiger partial charge in [-0.2, -0.15) is 5.10 Å². The molecule has 2 aromatic heterocycles. The number of phosphoric acid groups is 1. The molecule has 0 radical (unpaired) electrons. The van der Waals surface area contributed by atoms with Crippen molar-refractivity contribution in [1.29, 1.82) is 0 Å². The number of carbonyl (C=O) groups is 1. The maximum absolute atomic E-state index is 13.4. The van der Waals surface area contributed by atoms with Gasteiger partial charge in [-0.25, -0.2) is 18.9 Å². The van der Waals surface area contributed by atoms with Crippen molar-refractivity contribution in [2.45, 2.75) is 50.5 Å². The van der Waals surface area contributed by atoms with Crippen LogP contribution in [0.1, 0.15) is 35.5 Å². The zero-order chi connectivity index (χ0) is 27.1. The van der Waals surface area contributed by atoms with Gasteiger partial charge in [-0.15, -0.1) is 0 Å². The van der Waals surface area contributed by atoms with Crippen molar-refractivity contribution in [1.82, 2.24) is 14.6 Å². The summed E-state index contributed by atoms with van der Waals surface area (Å²) in [4.78, 5) is 20.6. The molecule has 202 valence electrons. The summed E-state index contributed by atoms with van der Waals surface area (Å²) in [6.45, 7) is 3.05. The topological polar surface area (TPSA) is 169 Å². The number of rotatable bonds is 7. The van der Waals surface area contributed by atoms with Crippen LogP contribution in [-0.2, 0) is 39.8 Å². The van der Waals surface area contributed by atoms with Crippen LogP contribution in [-0.4, -0.2) is 70.0 Å². The Kier molecular flexibility index (Phi) is 7.07. The maximum Gasteiger partial charge on any atom is 0.475 e. The molecule has 4 heterocycles. The van der Waals surface area contributed by atoms with Crippen LogP contribution in [0.4, 0.5) is 5.82 Å². The summed E-state index contributed by atoms with van der Waals surface area (Å²) in [5.41, 5.74) is 6.10. The molecule has 13 nitrogen and oxygen atoms in total. The Morgan fingerprint density at radius 1 is 1.37 bits per heavy atom. The van der Waals surface area contributed by atoms with Gasteiger partial charge in [0.2, 0.25) is 0 Å². The number of fused-ring (bicyclic) bond motifs is 2. The van der Waals surface area contributed by atoms with Gasteiger partial charge < -0.3 is 20.3 Å². The number of ether oxygens (including phenoxy) is 2. The number of carbonyl (C=O) groups excluding carboxylic acids is 1. The van der Waals surface area contributed by atoms with Crippen molar-refractivity contribution >= 4 is 31.3 Å². The highest BCUT2D eigenvalue weighted by atomic mass is 31.2. The van der Waals surface area contributed by atoms with E-state index < -0.39 is 37.7 Å². The van der Waals surface area contributed by atoms with E-state index in [1.807, 2.05) is 0 Å². The number of aromatic nitrogens is 3. The fourth-order valence-corrected chi connectivity index (χ4v) is 5.97. The summed E-state index contributed by atoms with van der Waals surface area (Å²) < 4.78 is 43.2. The summed E-state index contributed by atoms with van der Waals surface area (Å²) in [6, 6.07) is 10.0. The van der Waals surface area contributed by atoms with Gasteiger partial charge in [0.05, 0.1) is 30.6 Å². The Bertz CT molecular complexity index is 1430. The summed E-state index contributed by atoms with van der Waals surface area (Å²) in [5.74, 6) is -0.287. The van der Waals surface area contributed by atoms with Crippen molar-refractivity contribution in [2.75, 3.05) is 19.4 Å². The highest BCUT2D eigenvalue weighted by Crippen LogP contribution is 2.58. The van der Waals surface area contributed by atoms with E-state index in [9.17, 15) is 14.5 Å². The number of phosphoric ester groups is 1. The lowest BCUT2D eigenvalue weighted by molar-refractivity contribution is -0.0727. The molecule has 3 N–H and O–H groups in total. The van der Waals surface area contributed by atoms with Gasteiger partial charge in [-0.1, -0.05) is 18.2 Å². The van der Waals surface area contributed by atoms with Gasteiger partial charge >= 0.3 is 13.8 Å². The summed E-state index contributed by atoms with van der Waals surface area (Å²) in [6.07, 6.45) is -0.840. The molecule has 0 spiro atoms. The van der Waals surface area contributed by atoms with Crippen LogP contribution in [0.5, 0.6) is 0 Å². The summed E-state index contributed by atoms with van der Waals surface area (Å²) in [7, 11) is -2.63. The molecule has 0 amide bonds. The van der Waals surface area contributed by atoms with E-state index in [0.717, 1.165) is 0 Å². The molecule has 1 unspecified atom stereocenters. The van der Waals surface area contributed by atoms with Gasteiger partial charge in [-0.3, -0.25) is 18.6 Å². The second-order valence-corrected chi connectivity index (χ2v) is 10.8. The SMILES string of the molecule is CN=C[C@@]1(c2ccc3c(N)ncnn23)O[C@@H]2COP(=O)(OCc3ccccc3C(=O)OC(C)C)O[C@H]2[C@H]1O. The van der Waals surface area contributed by atoms with Crippen LogP contribution in [0.25, 0.3) is 5.52 Å². The van der Waals surface area contributed by atoms with Crippen molar-refractivity contribution in [3.8, 4) is 0 Å². The number of nitrogens with zero attached hydrogens (tertiary/aromatic N) is 4. The van der Waals surface area contributed by atoms with Gasteiger partial charge in [0.25, 0.3) is 0 Å². The first-order chi connectivity index (χ1) is 18.2. The normalized spacial score (nSPS) is 29.2. The van der Waals surface area contributed by atoms with E-state index in [2.05, 4.69) is 15.1 Å². The van der Waals surface area contributed by atoms with Crippen LogP contribution in [0, 0.1) is 0 Å². The number of aliphatic hydroxyl groups excluding tert-OH is 1. The first kappa shape index (κ1) is 26.4. The zero-order valence-electron chi connectivity index (χ0n) is 21.0. The minimum atomic E-state index is -4.16. The zero-order valence-corrected chi connectivity index (χ0v) is 21.9. The minimum absolute atomic E-state index is 0.185. The first-order valence-electron chi connectivity index (χ1n) is 11.9. The van der Waals surface area contributed by atoms with Gasteiger partial charge in [0.1, 0.15) is 30.2 Å². The van der Waals surface area contributed by atoms with Gasteiger partial charge in [-0.05, 0) is 37.6 Å². The van der Waals surface area contributed by atoms with E-state index >= 15 is 0 Å². The molecule has 2 saturated heterocycles. The molecular formula is C24H28N5O8P. The Morgan fingerprint density at radius 2 is 2.16 bits per heavy atom. The van der Waals surface area contributed by atoms with E-state index in [1.165, 1.54) is 24.1 Å². The number of anilines is 1. The minimum Gasteiger partial charge on any atom is -0.459 e. The first-order valence-corrected chi connectivity index (χ1v) is 13.4. The summed E-state index contributed by atoms with van der Waals surface area (Å²) in [5, 5.41) is 15.7. The number of aliphatic imine (C=N–C) groups is 1. The van der Waals surface area contributed by atoms with Crippen molar-refractivity contribution < 1.29 is 37.5 Å². The number of hydrogen-bond acceptors (Lipinski definition) is 12. The second kappa shape index (κ2) is 10.2. The molecule has 14 heteroatoms. The molecule has 5 rings (SSSR count). The quantitative estimate of drug-likeness (QED) is 0.254. The standard InChI is InChI=1S/C24H28N5O8P/c1-14(2)35-23(31)16-7-5-4-6-15(16)10-33-38(32)34-11-18-20(37-38)21(30)24(36-18,12-26-3)19-9-8-17-22(25)27-13-28-29(17)19/h4-9,12-14,18,20-21,30H,10-11H2,1-3H3,(H2,25,27,28)/t18-,20-,21-,24+,38?/m1/s1. The highest BCUT2D eigenvalue weighted by Gasteiger charge is 2.61. The molecule has 2 fully saturated rings. The number of benzene rings is 1. The molecule has 0 aliphatic carbocycles. The third-order valence-corrected chi connectivity index (χ3v) is 7.68. The van der Waals surface area contributed by atoms with Gasteiger partial charge in [0, 0.05) is 13.3 Å². The van der Waals surface area contributed by atoms with Crippen LogP contribution in [0.2, 0.25) is 0 Å². The molecule has 38 heavy (non-hydrogen) atoms. The third kappa shape index (κ3) is 4.62. The number of esters is 1. The number of hydrogen-bond donors (Lipinski definition) is 2. The average Bonchev–Trinajstić information content (AvgIpc) is 3.44. The Hall–Kier alpha value is -3.19. The lowest BCUT2D eigenvalue weighted by Gasteiger charge is -2.31. The maximum atomic E-state index is 13.4. The van der Waals surface area contributed by atoms with E-state index in [4.69, 9.17) is 28.8 Å². The molecular weight excluding hydrogens is 517 g/mol. The average molecular weight is 545 g/mol. The Balaban J connectivity index is 1.38. The molecule has 2 aliphatic rings. The van der Waals surface area contributed by atoms with Crippen molar-refractivity contribution in [3.63, 3.8) is 0 Å². The Labute approximate surface area is 218 Å². The fourth-order valence-electron chi connectivity index (χ4n) is 4.60. The summed E-state index contributed by atoms with van der Waals surface area (Å²) >= 11 is 0. The molecule has 5 atom stereocenters. The van der Waals surface area contributed by atoms with Gasteiger partial charge in [0.15, 0.2) is 11.4 Å². The molecule has 2 aliphatic heterocycles. The van der Waals surface area contributed by atoms with Crippen LogP contribution in [0.15, 0.2) is 47.7 Å². The smallest absolute Gasteiger partial charge is 0.459 e. The lowest BCUT2D eigenvalue weighted by Crippen LogP contribution is -2.44. The number of nitrogens with two attached hydrogens (primary N) is 1. The van der Waals surface area contributed by atoms with Crippen molar-refractivity contribution in [3.05, 3.63) is 59.5 Å². The molecule has 0 bridgehead atoms. The number of nitrogen functional groups attached to an aromatic ring is 1. The lowest BCUT2D eigenvalue weighted by atomic mass is 9.92. The largest absolute Gasteiger partial charge is 0.475 e. The predicted molar refractivity (Wildman–Crippen MR) is 135 cm³/mol. The Morgan fingerprint density at radius 3 is 2.92 bits per heavy atom. The van der Waals surface area contributed by atoms with E-state index in [0.29, 0.717) is 16.8 Å².